The van der Waals surface area contributed by atoms with Crippen molar-refractivity contribution in [1.82, 2.24) is 15.1 Å². The molecule has 2 amide bonds. The number of carbonyl (C=O) groups excluding carboxylic acids is 2. The van der Waals surface area contributed by atoms with E-state index in [0.717, 1.165) is 30.8 Å². The lowest BCUT2D eigenvalue weighted by Crippen LogP contribution is -2.54. The van der Waals surface area contributed by atoms with E-state index in [9.17, 15) is 9.59 Å². The quantitative estimate of drug-likeness (QED) is 0.882. The van der Waals surface area contributed by atoms with Crippen LogP contribution < -0.4 is 5.32 Å². The van der Waals surface area contributed by atoms with Crippen LogP contribution in [-0.4, -0.2) is 53.8 Å². The first-order valence-corrected chi connectivity index (χ1v) is 7.04. The summed E-state index contributed by atoms with van der Waals surface area (Å²) in [6, 6.07) is 7.76. The second-order valence-electron chi connectivity index (χ2n) is 5.46. The van der Waals surface area contributed by atoms with Crippen LogP contribution in [0.1, 0.15) is 22.8 Å². The van der Waals surface area contributed by atoms with E-state index >= 15 is 0 Å². The Hall–Kier alpha value is -1.59. The van der Waals surface area contributed by atoms with Crippen LogP contribution in [0.4, 0.5) is 0 Å². The second kappa shape index (κ2) is 6.45. The van der Waals surface area contributed by atoms with E-state index in [1.54, 1.807) is 4.90 Å². The largest absolute Gasteiger partial charge is 0.336 e. The van der Waals surface area contributed by atoms with Gasteiger partial charge in [0.15, 0.2) is 0 Å². The highest BCUT2D eigenvalue weighted by atomic mass is 35.5. The monoisotopic (exact) mass is 309 g/mol. The summed E-state index contributed by atoms with van der Waals surface area (Å²) >= 11 is 0. The predicted octanol–water partition coefficient (Wildman–Crippen LogP) is 0.885. The molecule has 3 rings (SSSR count). The highest BCUT2D eigenvalue weighted by Gasteiger charge is 2.31. The van der Waals surface area contributed by atoms with E-state index in [-0.39, 0.29) is 36.8 Å². The second-order valence-corrected chi connectivity index (χ2v) is 5.46. The average molecular weight is 310 g/mol. The van der Waals surface area contributed by atoms with Gasteiger partial charge in [0.05, 0.1) is 0 Å². The minimum atomic E-state index is -0.0308. The zero-order valence-corrected chi connectivity index (χ0v) is 12.9. The molecular weight excluding hydrogens is 290 g/mol. The number of benzene rings is 1. The molecule has 1 N–H and O–H groups in total. The fourth-order valence-electron chi connectivity index (χ4n) is 2.91. The molecule has 1 aromatic rings. The summed E-state index contributed by atoms with van der Waals surface area (Å²) in [5, 5.41) is 3.26. The van der Waals surface area contributed by atoms with E-state index in [4.69, 9.17) is 0 Å². The lowest BCUT2D eigenvalue weighted by Gasteiger charge is -2.35. The molecule has 1 fully saturated rings. The smallest absolute Gasteiger partial charge is 0.254 e. The molecule has 6 heteroatoms. The van der Waals surface area contributed by atoms with Crippen molar-refractivity contribution >= 4 is 24.2 Å². The number of rotatable bonds is 2. The van der Waals surface area contributed by atoms with Gasteiger partial charge in [-0.3, -0.25) is 9.59 Å². The van der Waals surface area contributed by atoms with Gasteiger partial charge < -0.3 is 15.1 Å². The molecule has 0 unspecified atom stereocenters. The molecule has 0 spiro atoms. The van der Waals surface area contributed by atoms with Crippen LogP contribution in [0.5, 0.6) is 0 Å². The van der Waals surface area contributed by atoms with Crippen LogP contribution in [0, 0.1) is 0 Å². The molecule has 21 heavy (non-hydrogen) atoms. The first-order chi connectivity index (χ1) is 9.66. The van der Waals surface area contributed by atoms with Crippen molar-refractivity contribution < 1.29 is 9.59 Å². The number of fused-ring (bicyclic) bond motifs is 1. The maximum atomic E-state index is 12.4. The molecule has 2 aliphatic rings. The minimum absolute atomic E-state index is 0. The van der Waals surface area contributed by atoms with Crippen molar-refractivity contribution in [3.63, 3.8) is 0 Å². The van der Waals surface area contributed by atoms with Crippen LogP contribution in [0.2, 0.25) is 0 Å². The molecule has 2 heterocycles. The molecule has 1 aromatic carbocycles. The SMILES string of the molecule is C[C@@H]1CNCCN1C(=O)CN1Cc2ccccc2C1=O.Cl. The highest BCUT2D eigenvalue weighted by molar-refractivity contribution is 6.00. The zero-order chi connectivity index (χ0) is 14.1. The number of piperazine rings is 1. The zero-order valence-electron chi connectivity index (χ0n) is 12.0. The number of amides is 2. The summed E-state index contributed by atoms with van der Waals surface area (Å²) in [7, 11) is 0. The fraction of sp³-hybridized carbons (Fsp3) is 0.467. The van der Waals surface area contributed by atoms with Gasteiger partial charge in [0, 0.05) is 37.8 Å². The Morgan fingerprint density at radius 1 is 1.38 bits per heavy atom. The van der Waals surface area contributed by atoms with Crippen molar-refractivity contribution in [3.8, 4) is 0 Å². The van der Waals surface area contributed by atoms with Gasteiger partial charge in [0.2, 0.25) is 5.91 Å². The fourth-order valence-corrected chi connectivity index (χ4v) is 2.91. The Morgan fingerprint density at radius 2 is 2.14 bits per heavy atom. The Balaban J connectivity index is 0.00000161. The molecular formula is C15H20ClN3O2. The van der Waals surface area contributed by atoms with Crippen molar-refractivity contribution in [2.24, 2.45) is 0 Å². The standard InChI is InChI=1S/C15H19N3O2.ClH/c1-11-8-16-6-7-18(11)14(19)10-17-9-12-4-2-3-5-13(12)15(17)20;/h2-5,11,16H,6-10H2,1H3;1H/t11-;/m1./s1. The number of hydrogen-bond donors (Lipinski definition) is 1. The van der Waals surface area contributed by atoms with Gasteiger partial charge in [-0.2, -0.15) is 0 Å². The van der Waals surface area contributed by atoms with Crippen molar-refractivity contribution in [3.05, 3.63) is 35.4 Å². The Kier molecular flexibility index (Phi) is 4.85. The summed E-state index contributed by atoms with van der Waals surface area (Å²) < 4.78 is 0. The first kappa shape index (κ1) is 15.8. The topological polar surface area (TPSA) is 52.7 Å². The maximum Gasteiger partial charge on any atom is 0.254 e. The van der Waals surface area contributed by atoms with Gasteiger partial charge in [-0.25, -0.2) is 0 Å². The van der Waals surface area contributed by atoms with Gasteiger partial charge >= 0.3 is 0 Å². The Bertz CT molecular complexity index is 549. The summed E-state index contributed by atoms with van der Waals surface area (Å²) in [6.45, 7) is 5.11. The molecule has 2 aliphatic heterocycles. The molecule has 0 aliphatic carbocycles. The number of nitrogens with zero attached hydrogens (tertiary/aromatic N) is 2. The maximum absolute atomic E-state index is 12.4. The van der Waals surface area contributed by atoms with E-state index in [0.29, 0.717) is 6.54 Å². The number of nitrogens with one attached hydrogen (secondary N) is 1. The lowest BCUT2D eigenvalue weighted by atomic mass is 10.1. The van der Waals surface area contributed by atoms with E-state index in [1.165, 1.54) is 0 Å². The van der Waals surface area contributed by atoms with Gasteiger partial charge in [0.1, 0.15) is 6.54 Å². The minimum Gasteiger partial charge on any atom is -0.336 e. The van der Waals surface area contributed by atoms with Crippen LogP contribution in [-0.2, 0) is 11.3 Å². The summed E-state index contributed by atoms with van der Waals surface area (Å²) in [4.78, 5) is 28.1. The summed E-state index contributed by atoms with van der Waals surface area (Å²) in [5.41, 5.74) is 1.74. The van der Waals surface area contributed by atoms with Crippen LogP contribution in [0.25, 0.3) is 0 Å². The summed E-state index contributed by atoms with van der Waals surface area (Å²) in [5.74, 6) is 0.0110. The highest BCUT2D eigenvalue weighted by Crippen LogP contribution is 2.22. The van der Waals surface area contributed by atoms with E-state index in [2.05, 4.69) is 5.32 Å². The molecule has 1 saturated heterocycles. The van der Waals surface area contributed by atoms with Gasteiger partial charge in [-0.05, 0) is 18.6 Å². The molecule has 114 valence electrons. The van der Waals surface area contributed by atoms with Crippen LogP contribution in [0.3, 0.4) is 0 Å². The molecule has 0 saturated carbocycles. The number of halogens is 1. The Labute approximate surface area is 130 Å². The normalized spacial score (nSPS) is 21.0. The van der Waals surface area contributed by atoms with E-state index < -0.39 is 0 Å². The Morgan fingerprint density at radius 3 is 2.86 bits per heavy atom. The third-order valence-electron chi connectivity index (χ3n) is 4.04. The first-order valence-electron chi connectivity index (χ1n) is 7.04. The van der Waals surface area contributed by atoms with Crippen LogP contribution >= 0.6 is 12.4 Å². The van der Waals surface area contributed by atoms with Crippen LogP contribution in [0.15, 0.2) is 24.3 Å². The van der Waals surface area contributed by atoms with E-state index in [1.807, 2.05) is 36.1 Å². The van der Waals surface area contributed by atoms with Crippen molar-refractivity contribution in [2.75, 3.05) is 26.2 Å². The molecule has 0 bridgehead atoms. The lowest BCUT2D eigenvalue weighted by molar-refractivity contribution is -0.134. The van der Waals surface area contributed by atoms with Crippen molar-refractivity contribution in [1.29, 1.82) is 0 Å². The third kappa shape index (κ3) is 3.04. The predicted molar refractivity (Wildman–Crippen MR) is 82.5 cm³/mol. The van der Waals surface area contributed by atoms with Gasteiger partial charge in [-0.1, -0.05) is 18.2 Å². The third-order valence-corrected chi connectivity index (χ3v) is 4.04. The number of hydrogen-bond acceptors (Lipinski definition) is 3. The molecule has 1 atom stereocenters. The van der Waals surface area contributed by atoms with Gasteiger partial charge in [-0.15, -0.1) is 12.4 Å². The molecule has 0 radical (unpaired) electrons. The van der Waals surface area contributed by atoms with Gasteiger partial charge in [0.25, 0.3) is 5.91 Å². The average Bonchev–Trinajstić information content (AvgIpc) is 2.76. The van der Waals surface area contributed by atoms with Crippen molar-refractivity contribution in [2.45, 2.75) is 19.5 Å². The molecule has 0 aromatic heterocycles. The number of carbonyl (C=O) groups is 2. The molecule has 5 nitrogen and oxygen atoms in total. The summed E-state index contributed by atoms with van der Waals surface area (Å²) in [6.07, 6.45) is 0.